The van der Waals surface area contributed by atoms with E-state index in [0.29, 0.717) is 24.0 Å². The number of rotatable bonds is 0. The molecule has 0 bridgehead atoms. The summed E-state index contributed by atoms with van der Waals surface area (Å²) in [6.45, 7) is 2.09. The van der Waals surface area contributed by atoms with Gasteiger partial charge in [0.1, 0.15) is 5.78 Å². The minimum atomic E-state index is -0.114. The maximum Gasteiger partial charge on any atom is 0.156 e. The predicted octanol–water partition coefficient (Wildman–Crippen LogP) is 1.89. The Labute approximate surface area is 83.4 Å². The van der Waals surface area contributed by atoms with Crippen LogP contribution in [0, 0.1) is 17.3 Å². The Morgan fingerprint density at radius 1 is 1.43 bits per heavy atom. The lowest BCUT2D eigenvalue weighted by Gasteiger charge is -2.23. The minimum Gasteiger partial charge on any atom is -0.299 e. The molecule has 0 N–H and O–H groups in total. The van der Waals surface area contributed by atoms with Crippen LogP contribution in [0.15, 0.2) is 11.6 Å². The standard InChI is InChI=1S/C12H14O2/c1-12-6-7-4-8(13)5-9(7)10(12)2-3-11(12)14/h4,9-10H,2-3,5-6H2,1H3/t9-,10-,12+/m1/s1. The van der Waals surface area contributed by atoms with Gasteiger partial charge in [0.15, 0.2) is 5.78 Å². The van der Waals surface area contributed by atoms with Gasteiger partial charge in [0.2, 0.25) is 0 Å². The van der Waals surface area contributed by atoms with Gasteiger partial charge in [-0.25, -0.2) is 0 Å². The zero-order valence-electron chi connectivity index (χ0n) is 8.38. The van der Waals surface area contributed by atoms with Crippen LogP contribution in [-0.4, -0.2) is 11.6 Å². The number of hydrogen-bond acceptors (Lipinski definition) is 2. The molecule has 2 nitrogen and oxygen atoms in total. The monoisotopic (exact) mass is 190 g/mol. The predicted molar refractivity (Wildman–Crippen MR) is 51.7 cm³/mol. The largest absolute Gasteiger partial charge is 0.299 e. The van der Waals surface area contributed by atoms with E-state index >= 15 is 0 Å². The van der Waals surface area contributed by atoms with Crippen LogP contribution in [0.3, 0.4) is 0 Å². The Morgan fingerprint density at radius 3 is 3.00 bits per heavy atom. The molecule has 3 rings (SSSR count). The molecule has 3 aliphatic rings. The van der Waals surface area contributed by atoms with Crippen LogP contribution in [0.2, 0.25) is 0 Å². The van der Waals surface area contributed by atoms with Gasteiger partial charge < -0.3 is 0 Å². The van der Waals surface area contributed by atoms with Crippen LogP contribution in [0.5, 0.6) is 0 Å². The molecule has 2 heteroatoms. The summed E-state index contributed by atoms with van der Waals surface area (Å²) in [7, 11) is 0. The van der Waals surface area contributed by atoms with Gasteiger partial charge in [-0.05, 0) is 30.8 Å². The van der Waals surface area contributed by atoms with Crippen molar-refractivity contribution in [2.45, 2.75) is 32.6 Å². The van der Waals surface area contributed by atoms with Gasteiger partial charge in [-0.1, -0.05) is 12.5 Å². The number of ketones is 2. The van der Waals surface area contributed by atoms with E-state index in [9.17, 15) is 9.59 Å². The molecule has 0 radical (unpaired) electrons. The van der Waals surface area contributed by atoms with Crippen LogP contribution in [0.4, 0.5) is 0 Å². The fourth-order valence-electron chi connectivity index (χ4n) is 3.70. The van der Waals surface area contributed by atoms with Crippen molar-refractivity contribution in [2.75, 3.05) is 0 Å². The molecular formula is C12H14O2. The molecule has 0 unspecified atom stereocenters. The van der Waals surface area contributed by atoms with E-state index in [-0.39, 0.29) is 11.2 Å². The lowest BCUT2D eigenvalue weighted by atomic mass is 9.78. The summed E-state index contributed by atoms with van der Waals surface area (Å²) in [5.41, 5.74) is 1.15. The number of carbonyl (C=O) groups is 2. The molecule has 0 aromatic carbocycles. The van der Waals surface area contributed by atoms with Gasteiger partial charge in [0.05, 0.1) is 0 Å². The molecule has 0 aromatic heterocycles. The topological polar surface area (TPSA) is 34.1 Å². The fraction of sp³-hybridized carbons (Fsp3) is 0.667. The van der Waals surface area contributed by atoms with Crippen molar-refractivity contribution >= 4 is 11.6 Å². The molecular weight excluding hydrogens is 176 g/mol. The van der Waals surface area contributed by atoms with Crippen molar-refractivity contribution in [3.63, 3.8) is 0 Å². The van der Waals surface area contributed by atoms with Gasteiger partial charge in [-0.2, -0.15) is 0 Å². The van der Waals surface area contributed by atoms with Crippen molar-refractivity contribution in [1.29, 1.82) is 0 Å². The minimum absolute atomic E-state index is 0.114. The second kappa shape index (κ2) is 2.36. The highest BCUT2D eigenvalue weighted by atomic mass is 16.1. The first-order valence-corrected chi connectivity index (χ1v) is 5.38. The third kappa shape index (κ3) is 0.819. The zero-order chi connectivity index (χ0) is 9.92. The molecule has 74 valence electrons. The van der Waals surface area contributed by atoms with Gasteiger partial charge in [-0.15, -0.1) is 0 Å². The van der Waals surface area contributed by atoms with Crippen LogP contribution in [0.25, 0.3) is 0 Å². The Kier molecular flexibility index (Phi) is 1.41. The van der Waals surface area contributed by atoms with Gasteiger partial charge >= 0.3 is 0 Å². The van der Waals surface area contributed by atoms with Gasteiger partial charge in [0.25, 0.3) is 0 Å². The molecule has 0 aromatic rings. The van der Waals surface area contributed by atoms with Crippen molar-refractivity contribution in [2.24, 2.45) is 17.3 Å². The molecule has 0 heterocycles. The molecule has 0 spiro atoms. The molecule has 2 saturated carbocycles. The lowest BCUT2D eigenvalue weighted by molar-refractivity contribution is -0.126. The molecule has 14 heavy (non-hydrogen) atoms. The van der Waals surface area contributed by atoms with Crippen LogP contribution in [0.1, 0.15) is 32.6 Å². The summed E-state index contributed by atoms with van der Waals surface area (Å²) in [6.07, 6.45) is 5.06. The molecule has 2 fully saturated rings. The maximum atomic E-state index is 11.8. The van der Waals surface area contributed by atoms with E-state index in [1.165, 1.54) is 5.57 Å². The van der Waals surface area contributed by atoms with E-state index in [0.717, 1.165) is 19.3 Å². The van der Waals surface area contributed by atoms with Crippen LogP contribution < -0.4 is 0 Å². The van der Waals surface area contributed by atoms with Crippen LogP contribution >= 0.6 is 0 Å². The summed E-state index contributed by atoms with van der Waals surface area (Å²) in [6, 6.07) is 0. The summed E-state index contributed by atoms with van der Waals surface area (Å²) >= 11 is 0. The zero-order valence-corrected chi connectivity index (χ0v) is 8.38. The quantitative estimate of drug-likeness (QED) is 0.584. The average Bonchev–Trinajstić information content (AvgIpc) is 2.64. The Bertz CT molecular complexity index is 367. The highest BCUT2D eigenvalue weighted by Crippen LogP contribution is 2.59. The first-order valence-electron chi connectivity index (χ1n) is 5.38. The third-order valence-electron chi connectivity index (χ3n) is 4.44. The van der Waals surface area contributed by atoms with Crippen molar-refractivity contribution < 1.29 is 9.59 Å². The molecule has 0 amide bonds. The normalized spacial score (nSPS) is 45.4. The number of fused-ring (bicyclic) bond motifs is 3. The highest BCUT2D eigenvalue weighted by Gasteiger charge is 2.56. The first kappa shape index (κ1) is 8.39. The van der Waals surface area contributed by atoms with E-state index in [1.54, 1.807) is 6.08 Å². The van der Waals surface area contributed by atoms with E-state index in [1.807, 2.05) is 0 Å². The fourth-order valence-corrected chi connectivity index (χ4v) is 3.70. The van der Waals surface area contributed by atoms with Crippen LogP contribution in [-0.2, 0) is 9.59 Å². The summed E-state index contributed by atoms with van der Waals surface area (Å²) in [5.74, 6) is 1.57. The van der Waals surface area contributed by atoms with Crippen molar-refractivity contribution in [3.05, 3.63) is 11.6 Å². The lowest BCUT2D eigenvalue weighted by Crippen LogP contribution is -2.26. The summed E-state index contributed by atoms with van der Waals surface area (Å²) in [5, 5.41) is 0. The number of Topliss-reactive ketones (excluding diaryl/α,β-unsaturated/α-hetero) is 1. The number of allylic oxidation sites excluding steroid dienone is 2. The SMILES string of the molecule is C[C@]12CC3=CC(=O)C[C@H]3[C@H]1CCC2=O. The van der Waals surface area contributed by atoms with Gasteiger partial charge in [-0.3, -0.25) is 9.59 Å². The van der Waals surface area contributed by atoms with Crippen molar-refractivity contribution in [3.8, 4) is 0 Å². The second-order valence-corrected chi connectivity index (χ2v) is 5.16. The molecule has 3 aliphatic carbocycles. The third-order valence-corrected chi connectivity index (χ3v) is 4.44. The van der Waals surface area contributed by atoms with Gasteiger partial charge in [0, 0.05) is 18.3 Å². The number of carbonyl (C=O) groups excluding carboxylic acids is 2. The average molecular weight is 190 g/mol. The molecule has 0 saturated heterocycles. The van der Waals surface area contributed by atoms with Crippen molar-refractivity contribution in [1.82, 2.24) is 0 Å². The second-order valence-electron chi connectivity index (χ2n) is 5.16. The van der Waals surface area contributed by atoms with E-state index in [2.05, 4.69) is 6.92 Å². The first-order chi connectivity index (χ1) is 6.61. The Morgan fingerprint density at radius 2 is 2.21 bits per heavy atom. The molecule has 3 atom stereocenters. The summed E-state index contributed by atoms with van der Waals surface area (Å²) < 4.78 is 0. The van der Waals surface area contributed by atoms with E-state index < -0.39 is 0 Å². The Hall–Kier alpha value is -0.920. The smallest absolute Gasteiger partial charge is 0.156 e. The summed E-state index contributed by atoms with van der Waals surface area (Å²) in [4.78, 5) is 23.0. The highest BCUT2D eigenvalue weighted by molar-refractivity contribution is 5.96. The number of hydrogen-bond donors (Lipinski definition) is 0. The molecule has 0 aliphatic heterocycles. The van der Waals surface area contributed by atoms with E-state index in [4.69, 9.17) is 0 Å². The Balaban J connectivity index is 2.03. The maximum absolute atomic E-state index is 11.8.